The average molecular weight is 401 g/mol. The number of aromatic nitrogens is 3. The van der Waals surface area contributed by atoms with E-state index in [0.717, 1.165) is 21.3 Å². The number of anilines is 1. The second kappa shape index (κ2) is 7.94. The lowest BCUT2D eigenvalue weighted by Crippen LogP contribution is -2.13. The summed E-state index contributed by atoms with van der Waals surface area (Å²) in [6, 6.07) is 15.3. The third-order valence-electron chi connectivity index (χ3n) is 3.67. The molecule has 0 atom stereocenters. The quantitative estimate of drug-likeness (QED) is 0.658. The second-order valence-corrected chi connectivity index (χ2v) is 6.24. The number of hydrogen-bond acceptors (Lipinski definition) is 4. The fraction of sp³-hybridized carbons (Fsp3) is 0.167. The highest BCUT2D eigenvalue weighted by Crippen LogP contribution is 2.25. The van der Waals surface area contributed by atoms with Gasteiger partial charge in [-0.25, -0.2) is 0 Å². The van der Waals surface area contributed by atoms with E-state index in [1.807, 2.05) is 48.5 Å². The lowest BCUT2D eigenvalue weighted by atomic mass is 10.1. The number of benzene rings is 2. The van der Waals surface area contributed by atoms with Crippen molar-refractivity contribution in [2.24, 2.45) is 0 Å². The minimum absolute atomic E-state index is 0.131. The van der Waals surface area contributed by atoms with Crippen LogP contribution in [0.15, 0.2) is 53.0 Å². The Bertz CT molecular complexity index is 862. The number of ether oxygens (including phenoxy) is 1. The third-order valence-corrected chi connectivity index (χ3v) is 4.36. The van der Waals surface area contributed by atoms with E-state index in [1.54, 1.807) is 7.11 Å². The van der Waals surface area contributed by atoms with Crippen molar-refractivity contribution in [2.75, 3.05) is 12.4 Å². The van der Waals surface area contributed by atoms with Crippen molar-refractivity contribution in [3.63, 3.8) is 0 Å². The highest BCUT2D eigenvalue weighted by atomic mass is 79.9. The number of halogens is 1. The minimum atomic E-state index is -0.131. The van der Waals surface area contributed by atoms with Crippen molar-refractivity contribution >= 4 is 27.8 Å². The molecule has 0 aliphatic rings. The molecule has 3 rings (SSSR count). The molecule has 128 valence electrons. The number of aromatic amines is 1. The summed E-state index contributed by atoms with van der Waals surface area (Å²) >= 11 is 3.47. The number of methoxy groups -OCH3 is 1. The Labute approximate surface area is 153 Å². The summed E-state index contributed by atoms with van der Waals surface area (Å²) in [5.41, 5.74) is 1.95. The maximum Gasteiger partial charge on any atom is 0.249 e. The van der Waals surface area contributed by atoms with Crippen LogP contribution in [0.2, 0.25) is 0 Å². The smallest absolute Gasteiger partial charge is 0.249 e. The molecule has 0 spiro atoms. The Kier molecular flexibility index (Phi) is 5.45. The van der Waals surface area contributed by atoms with Gasteiger partial charge in [-0.2, -0.15) is 4.98 Å². The predicted octanol–water partition coefficient (Wildman–Crippen LogP) is 3.81. The van der Waals surface area contributed by atoms with Crippen LogP contribution < -0.4 is 10.1 Å². The first-order valence-corrected chi connectivity index (χ1v) is 8.55. The van der Waals surface area contributed by atoms with Gasteiger partial charge in [-0.05, 0) is 30.2 Å². The molecule has 0 bridgehead atoms. The predicted molar refractivity (Wildman–Crippen MR) is 99.5 cm³/mol. The monoisotopic (exact) mass is 400 g/mol. The van der Waals surface area contributed by atoms with Crippen LogP contribution in [-0.4, -0.2) is 28.2 Å². The van der Waals surface area contributed by atoms with E-state index in [4.69, 9.17) is 4.74 Å². The summed E-state index contributed by atoms with van der Waals surface area (Å²) < 4.78 is 6.02. The minimum Gasteiger partial charge on any atom is -0.497 e. The van der Waals surface area contributed by atoms with E-state index in [9.17, 15) is 4.79 Å². The van der Waals surface area contributed by atoms with Gasteiger partial charge in [0.2, 0.25) is 11.9 Å². The summed E-state index contributed by atoms with van der Waals surface area (Å²) in [6.45, 7) is 0. The van der Waals surface area contributed by atoms with Gasteiger partial charge in [0.25, 0.3) is 0 Å². The van der Waals surface area contributed by atoms with Gasteiger partial charge in [-0.1, -0.05) is 46.3 Å². The number of carbonyl (C=O) groups is 1. The third kappa shape index (κ3) is 4.45. The number of H-pyrrole nitrogens is 1. The topological polar surface area (TPSA) is 79.9 Å². The highest BCUT2D eigenvalue weighted by Gasteiger charge is 2.11. The lowest BCUT2D eigenvalue weighted by Gasteiger charge is -2.03. The van der Waals surface area contributed by atoms with E-state index >= 15 is 0 Å². The number of nitrogens with zero attached hydrogens (tertiary/aromatic N) is 2. The van der Waals surface area contributed by atoms with Crippen molar-refractivity contribution in [3.8, 4) is 17.1 Å². The van der Waals surface area contributed by atoms with Crippen molar-refractivity contribution in [3.05, 3.63) is 58.6 Å². The largest absolute Gasteiger partial charge is 0.497 e. The average Bonchev–Trinajstić information content (AvgIpc) is 3.09. The fourth-order valence-electron chi connectivity index (χ4n) is 2.33. The van der Waals surface area contributed by atoms with Crippen molar-refractivity contribution in [1.29, 1.82) is 0 Å². The van der Waals surface area contributed by atoms with Gasteiger partial charge in [0.05, 0.1) is 7.11 Å². The molecule has 0 fully saturated rings. The van der Waals surface area contributed by atoms with Crippen molar-refractivity contribution < 1.29 is 9.53 Å². The van der Waals surface area contributed by atoms with Crippen LogP contribution in [-0.2, 0) is 11.2 Å². The fourth-order valence-corrected chi connectivity index (χ4v) is 2.80. The SMILES string of the molecule is COc1ccc(CCC(=O)Nc2n[nH]c(-c3ccccc3Br)n2)cc1. The number of nitrogens with one attached hydrogen (secondary N) is 2. The molecule has 0 aliphatic heterocycles. The molecule has 2 aromatic carbocycles. The summed E-state index contributed by atoms with van der Waals surface area (Å²) in [7, 11) is 1.63. The lowest BCUT2D eigenvalue weighted by molar-refractivity contribution is -0.116. The molecule has 1 heterocycles. The van der Waals surface area contributed by atoms with Crippen LogP contribution in [0.4, 0.5) is 5.95 Å². The van der Waals surface area contributed by atoms with Gasteiger partial charge in [0, 0.05) is 16.5 Å². The van der Waals surface area contributed by atoms with Gasteiger partial charge in [0.15, 0.2) is 5.82 Å². The Morgan fingerprint density at radius 3 is 2.68 bits per heavy atom. The van der Waals surface area contributed by atoms with Gasteiger partial charge in [-0.3, -0.25) is 15.2 Å². The van der Waals surface area contributed by atoms with E-state index < -0.39 is 0 Å². The second-order valence-electron chi connectivity index (χ2n) is 5.38. The number of rotatable bonds is 6. The standard InChI is InChI=1S/C18H17BrN4O2/c1-25-13-9-6-12(7-10-13)8-11-16(24)20-18-21-17(22-23-18)14-4-2-3-5-15(14)19/h2-7,9-10H,8,11H2,1H3,(H2,20,21,22,23,24). The number of hydrogen-bond donors (Lipinski definition) is 2. The van der Waals surface area contributed by atoms with Crippen molar-refractivity contribution in [1.82, 2.24) is 15.2 Å². The summed E-state index contributed by atoms with van der Waals surface area (Å²) in [5, 5.41) is 9.59. The molecule has 1 amide bonds. The van der Waals surface area contributed by atoms with Crippen LogP contribution in [0.5, 0.6) is 5.75 Å². The Hall–Kier alpha value is -2.67. The van der Waals surface area contributed by atoms with E-state index in [-0.39, 0.29) is 11.9 Å². The molecule has 0 saturated carbocycles. The van der Waals surface area contributed by atoms with Gasteiger partial charge < -0.3 is 4.74 Å². The summed E-state index contributed by atoms with van der Waals surface area (Å²) in [6.07, 6.45) is 0.989. The number of carbonyl (C=O) groups excluding carboxylic acids is 1. The first-order chi connectivity index (χ1) is 12.2. The molecule has 6 nitrogen and oxygen atoms in total. The molecule has 7 heteroatoms. The molecule has 0 unspecified atom stereocenters. The van der Waals surface area contributed by atoms with E-state index in [1.165, 1.54) is 0 Å². The highest BCUT2D eigenvalue weighted by molar-refractivity contribution is 9.10. The molecule has 1 aromatic heterocycles. The van der Waals surface area contributed by atoms with E-state index in [0.29, 0.717) is 18.7 Å². The van der Waals surface area contributed by atoms with Crippen molar-refractivity contribution in [2.45, 2.75) is 12.8 Å². The molecule has 2 N–H and O–H groups in total. The van der Waals surface area contributed by atoms with Gasteiger partial charge >= 0.3 is 0 Å². The zero-order valence-electron chi connectivity index (χ0n) is 13.6. The van der Waals surface area contributed by atoms with Crippen LogP contribution in [0, 0.1) is 0 Å². The van der Waals surface area contributed by atoms with Gasteiger partial charge in [-0.15, -0.1) is 5.10 Å². The maximum absolute atomic E-state index is 12.1. The Morgan fingerprint density at radius 1 is 1.20 bits per heavy atom. The first-order valence-electron chi connectivity index (χ1n) is 7.76. The summed E-state index contributed by atoms with van der Waals surface area (Å²) in [5.74, 6) is 1.53. The zero-order valence-corrected chi connectivity index (χ0v) is 15.2. The summed E-state index contributed by atoms with van der Waals surface area (Å²) in [4.78, 5) is 16.4. The molecule has 0 saturated heterocycles. The van der Waals surface area contributed by atoms with Crippen LogP contribution >= 0.6 is 15.9 Å². The molecule has 0 radical (unpaired) electrons. The maximum atomic E-state index is 12.1. The van der Waals surface area contributed by atoms with E-state index in [2.05, 4.69) is 36.4 Å². The van der Waals surface area contributed by atoms with Crippen LogP contribution in [0.1, 0.15) is 12.0 Å². The number of aryl methyl sites for hydroxylation is 1. The molecule has 25 heavy (non-hydrogen) atoms. The Balaban J connectivity index is 1.57. The zero-order chi connectivity index (χ0) is 17.6. The van der Waals surface area contributed by atoms with Gasteiger partial charge in [0.1, 0.15) is 5.75 Å². The van der Waals surface area contributed by atoms with Crippen LogP contribution in [0.3, 0.4) is 0 Å². The Morgan fingerprint density at radius 2 is 1.96 bits per heavy atom. The first kappa shape index (κ1) is 17.2. The molecular weight excluding hydrogens is 384 g/mol. The molecule has 3 aromatic rings. The normalized spacial score (nSPS) is 10.5. The van der Waals surface area contributed by atoms with Crippen LogP contribution in [0.25, 0.3) is 11.4 Å². The molecular formula is C18H17BrN4O2. The number of amides is 1. The molecule has 0 aliphatic carbocycles.